The Bertz CT molecular complexity index is 382. The second kappa shape index (κ2) is 4.76. The molecule has 2 unspecified atom stereocenters. The summed E-state index contributed by atoms with van der Waals surface area (Å²) < 4.78 is 5.34. The first-order valence-corrected chi connectivity index (χ1v) is 5.46. The lowest BCUT2D eigenvalue weighted by Crippen LogP contribution is -2.31. The standard InChI is InChI=1S/C10H12ClN3O2/c1-6-4-5-16-9(6)10(15)12-8-3-2-7(11)13-14-8/h2-3,6,9H,4-5H2,1H3,(H,12,14,15). The molecule has 1 aromatic rings. The number of aromatic nitrogens is 2. The summed E-state index contributed by atoms with van der Waals surface area (Å²) in [5.74, 6) is 0.444. The van der Waals surface area contributed by atoms with E-state index in [1.807, 2.05) is 6.92 Å². The first-order valence-electron chi connectivity index (χ1n) is 5.08. The minimum Gasteiger partial charge on any atom is -0.368 e. The van der Waals surface area contributed by atoms with Crippen LogP contribution in [0.15, 0.2) is 12.1 Å². The first kappa shape index (κ1) is 11.3. The quantitative estimate of drug-likeness (QED) is 0.852. The summed E-state index contributed by atoms with van der Waals surface area (Å²) in [5, 5.41) is 10.3. The number of halogens is 1. The van der Waals surface area contributed by atoms with Crippen molar-refractivity contribution in [2.75, 3.05) is 11.9 Å². The van der Waals surface area contributed by atoms with Gasteiger partial charge in [-0.1, -0.05) is 18.5 Å². The van der Waals surface area contributed by atoms with Gasteiger partial charge in [-0.3, -0.25) is 4.79 Å². The molecule has 16 heavy (non-hydrogen) atoms. The molecule has 2 atom stereocenters. The van der Waals surface area contributed by atoms with E-state index in [0.29, 0.717) is 17.6 Å². The molecule has 6 heteroatoms. The third-order valence-corrected chi connectivity index (χ3v) is 2.73. The van der Waals surface area contributed by atoms with E-state index in [1.165, 1.54) is 0 Å². The van der Waals surface area contributed by atoms with Crippen LogP contribution >= 0.6 is 11.6 Å². The van der Waals surface area contributed by atoms with E-state index < -0.39 is 6.10 Å². The van der Waals surface area contributed by atoms with Crippen molar-refractivity contribution in [2.45, 2.75) is 19.4 Å². The van der Waals surface area contributed by atoms with Crippen molar-refractivity contribution < 1.29 is 9.53 Å². The molecule has 0 spiro atoms. The van der Waals surface area contributed by atoms with E-state index in [-0.39, 0.29) is 11.8 Å². The third-order valence-electron chi connectivity index (χ3n) is 2.53. The van der Waals surface area contributed by atoms with Gasteiger partial charge in [0.15, 0.2) is 11.0 Å². The normalized spacial score (nSPS) is 24.4. The van der Waals surface area contributed by atoms with Crippen LogP contribution in [0.3, 0.4) is 0 Å². The van der Waals surface area contributed by atoms with Gasteiger partial charge in [0.2, 0.25) is 0 Å². The van der Waals surface area contributed by atoms with E-state index in [0.717, 1.165) is 6.42 Å². The molecule has 1 saturated heterocycles. The van der Waals surface area contributed by atoms with Gasteiger partial charge in [0.25, 0.3) is 5.91 Å². The van der Waals surface area contributed by atoms with Crippen molar-refractivity contribution in [2.24, 2.45) is 5.92 Å². The van der Waals surface area contributed by atoms with Crippen molar-refractivity contribution in [3.8, 4) is 0 Å². The van der Waals surface area contributed by atoms with Crippen LogP contribution in [0.4, 0.5) is 5.82 Å². The van der Waals surface area contributed by atoms with Gasteiger partial charge in [0, 0.05) is 6.61 Å². The molecule has 1 aliphatic rings. The molecule has 0 aromatic carbocycles. The van der Waals surface area contributed by atoms with Gasteiger partial charge in [-0.05, 0) is 24.5 Å². The highest BCUT2D eigenvalue weighted by Crippen LogP contribution is 2.21. The maximum atomic E-state index is 11.8. The van der Waals surface area contributed by atoms with E-state index >= 15 is 0 Å². The summed E-state index contributed by atoms with van der Waals surface area (Å²) in [6.07, 6.45) is 0.516. The summed E-state index contributed by atoms with van der Waals surface area (Å²) >= 11 is 5.59. The summed E-state index contributed by atoms with van der Waals surface area (Å²) in [4.78, 5) is 11.8. The molecule has 5 nitrogen and oxygen atoms in total. The second-order valence-electron chi connectivity index (χ2n) is 3.79. The molecular weight excluding hydrogens is 230 g/mol. The SMILES string of the molecule is CC1CCOC1C(=O)Nc1ccc(Cl)nn1. The number of hydrogen-bond acceptors (Lipinski definition) is 4. The number of anilines is 1. The number of rotatable bonds is 2. The zero-order chi connectivity index (χ0) is 11.5. The molecular formula is C10H12ClN3O2. The monoisotopic (exact) mass is 241 g/mol. The Morgan fingerprint density at radius 1 is 1.56 bits per heavy atom. The predicted octanol–water partition coefficient (Wildman–Crippen LogP) is 1.49. The van der Waals surface area contributed by atoms with Crippen LogP contribution < -0.4 is 5.32 Å². The number of nitrogens with one attached hydrogen (secondary N) is 1. The highest BCUT2D eigenvalue weighted by atomic mass is 35.5. The molecule has 1 amide bonds. The highest BCUT2D eigenvalue weighted by Gasteiger charge is 2.30. The van der Waals surface area contributed by atoms with Crippen molar-refractivity contribution >= 4 is 23.3 Å². The molecule has 1 aromatic heterocycles. The third kappa shape index (κ3) is 2.48. The molecule has 0 saturated carbocycles. The van der Waals surface area contributed by atoms with Crippen LogP contribution in [0, 0.1) is 5.92 Å². The van der Waals surface area contributed by atoms with Gasteiger partial charge in [-0.25, -0.2) is 0 Å². The Labute approximate surface area is 98.2 Å². The summed E-state index contributed by atoms with van der Waals surface area (Å²) in [7, 11) is 0. The van der Waals surface area contributed by atoms with Gasteiger partial charge in [-0.15, -0.1) is 10.2 Å². The van der Waals surface area contributed by atoms with Crippen LogP contribution in [0.5, 0.6) is 0 Å². The molecule has 86 valence electrons. The molecule has 2 heterocycles. The molecule has 1 aliphatic heterocycles. The second-order valence-corrected chi connectivity index (χ2v) is 4.18. The van der Waals surface area contributed by atoms with Crippen LogP contribution in [-0.4, -0.2) is 28.8 Å². The number of nitrogens with zero attached hydrogens (tertiary/aromatic N) is 2. The summed E-state index contributed by atoms with van der Waals surface area (Å²) in [6, 6.07) is 3.18. The zero-order valence-electron chi connectivity index (χ0n) is 8.81. The maximum absolute atomic E-state index is 11.8. The largest absolute Gasteiger partial charge is 0.368 e. The lowest BCUT2D eigenvalue weighted by molar-refractivity contribution is -0.126. The van der Waals surface area contributed by atoms with Gasteiger partial charge in [0.1, 0.15) is 6.10 Å². The van der Waals surface area contributed by atoms with E-state index in [9.17, 15) is 4.79 Å². The maximum Gasteiger partial charge on any atom is 0.254 e. The number of amides is 1. The summed E-state index contributed by atoms with van der Waals surface area (Å²) in [5.41, 5.74) is 0. The van der Waals surface area contributed by atoms with Crippen molar-refractivity contribution in [3.63, 3.8) is 0 Å². The van der Waals surface area contributed by atoms with Crippen molar-refractivity contribution in [3.05, 3.63) is 17.3 Å². The number of carbonyl (C=O) groups is 1. The molecule has 0 radical (unpaired) electrons. The highest BCUT2D eigenvalue weighted by molar-refractivity contribution is 6.29. The molecule has 0 aliphatic carbocycles. The van der Waals surface area contributed by atoms with Gasteiger partial charge in [0.05, 0.1) is 0 Å². The zero-order valence-corrected chi connectivity index (χ0v) is 9.57. The Morgan fingerprint density at radius 3 is 2.94 bits per heavy atom. The predicted molar refractivity (Wildman–Crippen MR) is 59.2 cm³/mol. The number of carbonyl (C=O) groups excluding carboxylic acids is 1. The van der Waals surface area contributed by atoms with E-state index in [4.69, 9.17) is 16.3 Å². The van der Waals surface area contributed by atoms with Crippen molar-refractivity contribution in [1.29, 1.82) is 0 Å². The van der Waals surface area contributed by atoms with Gasteiger partial charge < -0.3 is 10.1 Å². The molecule has 1 fully saturated rings. The fourth-order valence-corrected chi connectivity index (χ4v) is 1.71. The van der Waals surface area contributed by atoms with Crippen molar-refractivity contribution in [1.82, 2.24) is 10.2 Å². The smallest absolute Gasteiger partial charge is 0.254 e. The Morgan fingerprint density at radius 2 is 2.38 bits per heavy atom. The van der Waals surface area contributed by atoms with Crippen LogP contribution in [0.1, 0.15) is 13.3 Å². The molecule has 1 N–H and O–H groups in total. The van der Waals surface area contributed by atoms with Crippen LogP contribution in [0.2, 0.25) is 5.15 Å². The topological polar surface area (TPSA) is 64.1 Å². The van der Waals surface area contributed by atoms with E-state index in [1.54, 1.807) is 12.1 Å². The number of ether oxygens (including phenoxy) is 1. The van der Waals surface area contributed by atoms with Crippen LogP contribution in [0.25, 0.3) is 0 Å². The lowest BCUT2D eigenvalue weighted by Gasteiger charge is -2.13. The Hall–Kier alpha value is -1.20. The Kier molecular flexibility index (Phi) is 3.36. The van der Waals surface area contributed by atoms with Gasteiger partial charge in [-0.2, -0.15) is 0 Å². The van der Waals surface area contributed by atoms with Crippen LogP contribution in [-0.2, 0) is 9.53 Å². The average molecular weight is 242 g/mol. The summed E-state index contributed by atoms with van der Waals surface area (Å²) in [6.45, 7) is 2.62. The fourth-order valence-electron chi connectivity index (χ4n) is 1.61. The number of hydrogen-bond donors (Lipinski definition) is 1. The molecule has 2 rings (SSSR count). The lowest BCUT2D eigenvalue weighted by atomic mass is 10.0. The minimum atomic E-state index is -0.391. The fraction of sp³-hybridized carbons (Fsp3) is 0.500. The molecule has 0 bridgehead atoms. The average Bonchev–Trinajstić information content (AvgIpc) is 2.68. The first-order chi connectivity index (χ1) is 7.66. The van der Waals surface area contributed by atoms with Gasteiger partial charge >= 0.3 is 0 Å². The van der Waals surface area contributed by atoms with E-state index in [2.05, 4.69) is 15.5 Å². The minimum absolute atomic E-state index is 0.179. The Balaban J connectivity index is 1.99.